The molecule has 2 N–H and O–H groups in total. The second-order valence-electron chi connectivity index (χ2n) is 3.64. The fraction of sp³-hybridized carbons (Fsp3) is 0.500. The molecule has 15 heavy (non-hydrogen) atoms. The van der Waals surface area contributed by atoms with E-state index in [2.05, 4.69) is 0 Å². The van der Waals surface area contributed by atoms with Crippen LogP contribution in [0, 0.1) is 0 Å². The number of aliphatic hydroxyl groups is 2. The Hall–Kier alpha value is -1.06. The van der Waals surface area contributed by atoms with E-state index in [4.69, 9.17) is 9.84 Å². The maximum atomic E-state index is 9.71. The van der Waals surface area contributed by atoms with Crippen LogP contribution in [-0.2, 0) is 0 Å². The third kappa shape index (κ3) is 3.22. The van der Waals surface area contributed by atoms with Crippen LogP contribution in [0.1, 0.15) is 24.8 Å². The Bertz CT molecular complexity index is 281. The van der Waals surface area contributed by atoms with Crippen molar-refractivity contribution in [2.75, 3.05) is 13.7 Å². The van der Waals surface area contributed by atoms with Crippen LogP contribution in [-0.4, -0.2) is 30.0 Å². The summed E-state index contributed by atoms with van der Waals surface area (Å²) in [5.41, 5.74) is 1.05. The van der Waals surface area contributed by atoms with E-state index < -0.39 is 6.10 Å². The highest BCUT2D eigenvalue weighted by molar-refractivity contribution is 5.29. The Morgan fingerprint density at radius 2 is 1.87 bits per heavy atom. The van der Waals surface area contributed by atoms with E-state index in [9.17, 15) is 5.11 Å². The number of hydrogen-bond donors (Lipinski definition) is 2. The maximum Gasteiger partial charge on any atom is 0.118 e. The Balaban J connectivity index is 2.69. The van der Waals surface area contributed by atoms with Crippen molar-refractivity contribution >= 4 is 0 Å². The normalized spacial score (nSPS) is 14.7. The van der Waals surface area contributed by atoms with Gasteiger partial charge in [-0.25, -0.2) is 0 Å². The van der Waals surface area contributed by atoms with Gasteiger partial charge in [0.05, 0.1) is 13.2 Å². The third-order valence-corrected chi connectivity index (χ3v) is 2.64. The molecule has 2 atom stereocenters. The fourth-order valence-corrected chi connectivity index (χ4v) is 1.51. The molecule has 1 aromatic carbocycles. The highest BCUT2D eigenvalue weighted by atomic mass is 16.5. The van der Waals surface area contributed by atoms with Gasteiger partial charge < -0.3 is 14.9 Å². The summed E-state index contributed by atoms with van der Waals surface area (Å²) in [4.78, 5) is 0. The van der Waals surface area contributed by atoms with Crippen molar-refractivity contribution in [1.82, 2.24) is 0 Å². The van der Waals surface area contributed by atoms with Gasteiger partial charge in [0.15, 0.2) is 0 Å². The number of rotatable bonds is 5. The van der Waals surface area contributed by atoms with Crippen molar-refractivity contribution in [2.45, 2.75) is 25.4 Å². The highest BCUT2D eigenvalue weighted by Gasteiger charge is 2.15. The van der Waals surface area contributed by atoms with Gasteiger partial charge in [-0.3, -0.25) is 0 Å². The van der Waals surface area contributed by atoms with E-state index in [0.29, 0.717) is 6.42 Å². The van der Waals surface area contributed by atoms with Crippen molar-refractivity contribution in [3.05, 3.63) is 29.8 Å². The lowest BCUT2D eigenvalue weighted by molar-refractivity contribution is 0.113. The van der Waals surface area contributed by atoms with Crippen molar-refractivity contribution in [3.8, 4) is 5.75 Å². The molecule has 0 aliphatic rings. The molecule has 0 aliphatic heterocycles. The van der Waals surface area contributed by atoms with Gasteiger partial charge in [-0.1, -0.05) is 19.1 Å². The quantitative estimate of drug-likeness (QED) is 0.775. The van der Waals surface area contributed by atoms with Gasteiger partial charge in [0.25, 0.3) is 0 Å². The second-order valence-corrected chi connectivity index (χ2v) is 3.64. The minimum Gasteiger partial charge on any atom is -0.497 e. The standard InChI is InChI=1S/C12H18O3/c1-9(12(14)7-8-13)10-3-5-11(15-2)6-4-10/h3-6,9,12-14H,7-8H2,1-2H3/t9-,12+/m1/s1. The summed E-state index contributed by atoms with van der Waals surface area (Å²) in [5, 5.41) is 18.4. The van der Waals surface area contributed by atoms with Crippen molar-refractivity contribution < 1.29 is 14.9 Å². The molecule has 0 saturated carbocycles. The van der Waals surface area contributed by atoms with Gasteiger partial charge in [0.1, 0.15) is 5.75 Å². The summed E-state index contributed by atoms with van der Waals surface area (Å²) in [6, 6.07) is 7.61. The van der Waals surface area contributed by atoms with Gasteiger partial charge in [-0.2, -0.15) is 0 Å². The molecule has 0 aliphatic carbocycles. The molecule has 0 saturated heterocycles. The Labute approximate surface area is 90.3 Å². The van der Waals surface area contributed by atoms with Crippen LogP contribution in [0.15, 0.2) is 24.3 Å². The molecular formula is C12H18O3. The molecule has 0 fully saturated rings. The van der Waals surface area contributed by atoms with Crippen LogP contribution in [0.3, 0.4) is 0 Å². The summed E-state index contributed by atoms with van der Waals surface area (Å²) in [6.45, 7) is 1.96. The molecule has 0 amide bonds. The molecule has 0 radical (unpaired) electrons. The van der Waals surface area contributed by atoms with E-state index in [-0.39, 0.29) is 12.5 Å². The molecule has 3 nitrogen and oxygen atoms in total. The SMILES string of the molecule is COc1ccc([C@@H](C)[C@@H](O)CCO)cc1. The first-order chi connectivity index (χ1) is 7.19. The van der Waals surface area contributed by atoms with Crippen LogP contribution < -0.4 is 4.74 Å². The lowest BCUT2D eigenvalue weighted by Crippen LogP contribution is -2.17. The van der Waals surface area contributed by atoms with E-state index >= 15 is 0 Å². The van der Waals surface area contributed by atoms with Gasteiger partial charge in [-0.15, -0.1) is 0 Å². The van der Waals surface area contributed by atoms with E-state index in [0.717, 1.165) is 11.3 Å². The van der Waals surface area contributed by atoms with Gasteiger partial charge >= 0.3 is 0 Å². The fourth-order valence-electron chi connectivity index (χ4n) is 1.51. The minimum atomic E-state index is -0.497. The lowest BCUT2D eigenvalue weighted by Gasteiger charge is -2.18. The lowest BCUT2D eigenvalue weighted by atomic mass is 9.94. The predicted molar refractivity (Wildman–Crippen MR) is 59.1 cm³/mol. The summed E-state index contributed by atoms with van der Waals surface area (Å²) < 4.78 is 5.05. The minimum absolute atomic E-state index is 0.0155. The van der Waals surface area contributed by atoms with Gasteiger partial charge in [-0.05, 0) is 24.1 Å². The zero-order valence-electron chi connectivity index (χ0n) is 9.18. The van der Waals surface area contributed by atoms with Crippen LogP contribution in [0.4, 0.5) is 0 Å². The first-order valence-electron chi connectivity index (χ1n) is 5.12. The largest absolute Gasteiger partial charge is 0.497 e. The molecule has 0 spiro atoms. The molecule has 84 valence electrons. The van der Waals surface area contributed by atoms with Gasteiger partial charge in [0.2, 0.25) is 0 Å². The van der Waals surface area contributed by atoms with E-state index in [1.54, 1.807) is 7.11 Å². The van der Waals surface area contributed by atoms with Crippen LogP contribution in [0.5, 0.6) is 5.75 Å². The number of methoxy groups -OCH3 is 1. The zero-order valence-corrected chi connectivity index (χ0v) is 9.18. The van der Waals surface area contributed by atoms with Crippen LogP contribution in [0.25, 0.3) is 0 Å². The van der Waals surface area contributed by atoms with E-state index in [1.165, 1.54) is 0 Å². The average molecular weight is 210 g/mol. The molecule has 3 heteroatoms. The Kier molecular flexibility index (Phi) is 4.59. The number of hydrogen-bond acceptors (Lipinski definition) is 3. The average Bonchev–Trinajstić information content (AvgIpc) is 2.28. The smallest absolute Gasteiger partial charge is 0.118 e. The number of ether oxygens (including phenoxy) is 1. The molecule has 0 aromatic heterocycles. The molecule has 1 aromatic rings. The highest BCUT2D eigenvalue weighted by Crippen LogP contribution is 2.23. The molecular weight excluding hydrogens is 192 g/mol. The molecule has 0 unspecified atom stereocenters. The van der Waals surface area contributed by atoms with Gasteiger partial charge in [0, 0.05) is 12.5 Å². The predicted octanol–water partition coefficient (Wildman–Crippen LogP) is 1.54. The topological polar surface area (TPSA) is 49.7 Å². The monoisotopic (exact) mass is 210 g/mol. The summed E-state index contributed by atoms with van der Waals surface area (Å²) >= 11 is 0. The number of benzene rings is 1. The van der Waals surface area contributed by atoms with Crippen molar-refractivity contribution in [1.29, 1.82) is 0 Å². The zero-order chi connectivity index (χ0) is 11.3. The van der Waals surface area contributed by atoms with Crippen molar-refractivity contribution in [2.24, 2.45) is 0 Å². The summed E-state index contributed by atoms with van der Waals surface area (Å²) in [6.07, 6.45) is -0.0869. The third-order valence-electron chi connectivity index (χ3n) is 2.64. The maximum absolute atomic E-state index is 9.71. The first-order valence-corrected chi connectivity index (χ1v) is 5.12. The second kappa shape index (κ2) is 5.73. The van der Waals surface area contributed by atoms with Crippen LogP contribution >= 0.6 is 0 Å². The number of aliphatic hydroxyl groups excluding tert-OH is 2. The summed E-state index contributed by atoms with van der Waals surface area (Å²) in [5.74, 6) is 0.839. The molecule has 1 rings (SSSR count). The van der Waals surface area contributed by atoms with E-state index in [1.807, 2.05) is 31.2 Å². The Morgan fingerprint density at radius 3 is 2.33 bits per heavy atom. The molecule has 0 heterocycles. The van der Waals surface area contributed by atoms with Crippen molar-refractivity contribution in [3.63, 3.8) is 0 Å². The Morgan fingerprint density at radius 1 is 1.27 bits per heavy atom. The first kappa shape index (κ1) is 12.0. The van der Waals surface area contributed by atoms with Crippen LogP contribution in [0.2, 0.25) is 0 Å². The molecule has 0 bridgehead atoms. The summed E-state index contributed by atoms with van der Waals surface area (Å²) in [7, 11) is 1.62.